The molecule has 3 fully saturated rings. The van der Waals surface area contributed by atoms with E-state index >= 15 is 0 Å². The van der Waals surface area contributed by atoms with E-state index in [2.05, 4.69) is 87.5 Å². The molecular weight excluding hydrogens is 420 g/mol. The molecule has 0 nitrogen and oxygen atoms in total. The van der Waals surface area contributed by atoms with Gasteiger partial charge in [-0.1, -0.05) is 79.9 Å². The summed E-state index contributed by atoms with van der Waals surface area (Å²) < 4.78 is 0. The predicted molar refractivity (Wildman–Crippen MR) is 157 cm³/mol. The van der Waals surface area contributed by atoms with E-state index < -0.39 is 0 Å². The van der Waals surface area contributed by atoms with E-state index in [-0.39, 0.29) is 0 Å². The lowest BCUT2D eigenvalue weighted by Crippen LogP contribution is -2.56. The first-order valence-electron chi connectivity index (χ1n) is 15.1. The van der Waals surface area contributed by atoms with Gasteiger partial charge in [-0.25, -0.2) is 0 Å². The van der Waals surface area contributed by atoms with E-state index in [1.807, 2.05) is 5.57 Å². The molecule has 3 saturated carbocycles. The third-order valence-electron chi connectivity index (χ3n) is 12.1. The second-order valence-corrected chi connectivity index (χ2v) is 14.0. The van der Waals surface area contributed by atoms with Crippen LogP contribution >= 0.6 is 0 Å². The van der Waals surface area contributed by atoms with Gasteiger partial charge in [-0.3, -0.25) is 0 Å². The fourth-order valence-electron chi connectivity index (χ4n) is 10.2. The quantitative estimate of drug-likeness (QED) is 0.262. The second-order valence-electron chi connectivity index (χ2n) is 14.0. The summed E-state index contributed by atoms with van der Waals surface area (Å²) in [5, 5.41) is 0. The molecule has 0 aromatic rings. The lowest BCUT2D eigenvalue weighted by Gasteiger charge is -2.63. The molecule has 4 aliphatic carbocycles. The minimum atomic E-state index is 0.510. The normalized spacial score (nSPS) is 41.5. The zero-order valence-corrected chi connectivity index (χ0v) is 25.0. The Balaban J connectivity index is 0.00000103. The molecule has 0 aromatic heterocycles. The molecular formula is C35H60. The van der Waals surface area contributed by atoms with Gasteiger partial charge in [0.25, 0.3) is 0 Å². The highest BCUT2D eigenvalue weighted by Gasteiger charge is 2.63. The lowest BCUT2D eigenvalue weighted by molar-refractivity contribution is -0.111. The summed E-state index contributed by atoms with van der Waals surface area (Å²) in [6, 6.07) is 0. The van der Waals surface area contributed by atoms with Crippen molar-refractivity contribution in [3.05, 3.63) is 24.8 Å². The van der Waals surface area contributed by atoms with E-state index in [1.54, 1.807) is 0 Å². The summed E-state index contributed by atoms with van der Waals surface area (Å²) >= 11 is 0. The molecule has 4 rings (SSSR count). The third kappa shape index (κ3) is 5.36. The number of rotatable bonds is 6. The lowest BCUT2D eigenvalue weighted by atomic mass is 9.41. The van der Waals surface area contributed by atoms with Gasteiger partial charge in [-0.15, -0.1) is 26.0 Å². The summed E-state index contributed by atoms with van der Waals surface area (Å²) in [4.78, 5) is 0. The molecule has 0 aliphatic heterocycles. The number of terminal acetylenes is 1. The van der Waals surface area contributed by atoms with E-state index in [4.69, 9.17) is 0 Å². The van der Waals surface area contributed by atoms with Gasteiger partial charge < -0.3 is 0 Å². The van der Waals surface area contributed by atoms with E-state index in [9.17, 15) is 0 Å². The Morgan fingerprint density at radius 1 is 0.914 bits per heavy atom. The van der Waals surface area contributed by atoms with Crippen LogP contribution < -0.4 is 0 Å². The highest BCUT2D eigenvalue weighted by molar-refractivity contribution is 5.27. The fourth-order valence-corrected chi connectivity index (χ4v) is 10.2. The van der Waals surface area contributed by atoms with E-state index in [0.29, 0.717) is 16.2 Å². The van der Waals surface area contributed by atoms with Crippen molar-refractivity contribution in [1.29, 1.82) is 0 Å². The summed E-state index contributed by atoms with van der Waals surface area (Å²) in [6.45, 7) is 26.6. The van der Waals surface area contributed by atoms with Crippen molar-refractivity contribution < 1.29 is 0 Å². The Morgan fingerprint density at radius 2 is 1.57 bits per heavy atom. The zero-order valence-electron chi connectivity index (χ0n) is 25.0. The van der Waals surface area contributed by atoms with Crippen molar-refractivity contribution in [2.24, 2.45) is 57.7 Å². The topological polar surface area (TPSA) is 0 Å². The van der Waals surface area contributed by atoms with Crippen molar-refractivity contribution in [3.8, 4) is 12.8 Å². The number of allylic oxidation sites excluding steroid dienone is 2. The van der Waals surface area contributed by atoms with Crippen molar-refractivity contribution in [2.45, 2.75) is 126 Å². The maximum Gasteiger partial charge on any atom is -0.00825 e. The molecule has 0 radical (unpaired) electrons. The molecule has 4 aliphatic rings. The van der Waals surface area contributed by atoms with Crippen LogP contribution in [0.15, 0.2) is 24.8 Å². The van der Waals surface area contributed by atoms with Crippen LogP contribution in [0.1, 0.15) is 126 Å². The summed E-state index contributed by atoms with van der Waals surface area (Å²) in [5.41, 5.74) is 3.51. The van der Waals surface area contributed by atoms with Gasteiger partial charge in [0.15, 0.2) is 0 Å². The monoisotopic (exact) mass is 480 g/mol. The van der Waals surface area contributed by atoms with Crippen molar-refractivity contribution in [3.63, 3.8) is 0 Å². The molecule has 0 heterocycles. The number of hydrogen-bond donors (Lipinski definition) is 0. The van der Waals surface area contributed by atoms with Crippen molar-refractivity contribution in [1.82, 2.24) is 0 Å². The first-order valence-corrected chi connectivity index (χ1v) is 15.1. The fraction of sp³-hybridized carbons (Fsp3) is 0.829. The van der Waals surface area contributed by atoms with Crippen LogP contribution in [-0.2, 0) is 0 Å². The highest BCUT2D eigenvalue weighted by atomic mass is 14.7. The van der Waals surface area contributed by atoms with E-state index in [1.165, 1.54) is 70.6 Å². The molecule has 5 unspecified atom stereocenters. The average Bonchev–Trinajstić information content (AvgIpc) is 3.21. The third-order valence-corrected chi connectivity index (χ3v) is 12.1. The van der Waals surface area contributed by atoms with Crippen LogP contribution in [-0.4, -0.2) is 0 Å². The average molecular weight is 481 g/mol. The van der Waals surface area contributed by atoms with Crippen molar-refractivity contribution in [2.75, 3.05) is 0 Å². The minimum absolute atomic E-state index is 0.510. The highest BCUT2D eigenvalue weighted by Crippen LogP contribution is 2.72. The first-order chi connectivity index (χ1) is 16.6. The standard InChI is InChI=1S/C31H54.C2H4.C2H2/c1-9-24(21(2)3)11-10-23(5)26-12-13-27-30(26,7)19-16-28-29(6)17-14-22(4)20-25(29)15-18-31(27,28)8;2*1-2/h15,21-24,26-28H,9-14,16-20H2,1-8H3;1-2H2;1-2H/t22-,23?,24?,26?,27?,28?,29-,30+,31-;;/m0../s1. The Hall–Kier alpha value is -0.960. The Bertz CT molecular complexity index is 726. The Kier molecular flexibility index (Phi) is 10.4. The second kappa shape index (κ2) is 12.1. The number of fused-ring (bicyclic) bond motifs is 5. The molecule has 0 aromatic carbocycles. The summed E-state index contributed by atoms with van der Waals surface area (Å²) in [7, 11) is 0. The first kappa shape index (κ1) is 30.3. The van der Waals surface area contributed by atoms with Gasteiger partial charge in [0, 0.05) is 0 Å². The molecule has 200 valence electrons. The van der Waals surface area contributed by atoms with Crippen LogP contribution in [0.2, 0.25) is 0 Å². The Morgan fingerprint density at radius 3 is 2.17 bits per heavy atom. The molecule has 0 amide bonds. The molecule has 9 atom stereocenters. The van der Waals surface area contributed by atoms with Crippen LogP contribution in [0.3, 0.4) is 0 Å². The maximum absolute atomic E-state index is 4.00. The number of hydrogen-bond acceptors (Lipinski definition) is 0. The van der Waals surface area contributed by atoms with Gasteiger partial charge in [0.1, 0.15) is 0 Å². The summed E-state index contributed by atoms with van der Waals surface area (Å²) in [6.07, 6.45) is 26.7. The van der Waals surface area contributed by atoms with E-state index in [0.717, 1.165) is 41.4 Å². The largest absolute Gasteiger partial charge is 0.124 e. The molecule has 0 N–H and O–H groups in total. The molecule has 35 heavy (non-hydrogen) atoms. The van der Waals surface area contributed by atoms with Crippen molar-refractivity contribution >= 4 is 0 Å². The van der Waals surface area contributed by atoms with Gasteiger partial charge in [0.05, 0.1) is 0 Å². The van der Waals surface area contributed by atoms with Gasteiger partial charge in [-0.05, 0) is 115 Å². The van der Waals surface area contributed by atoms with Crippen LogP contribution in [0.25, 0.3) is 0 Å². The predicted octanol–water partition coefficient (Wildman–Crippen LogP) is 10.7. The molecule has 0 bridgehead atoms. The SMILES string of the molecule is C#C.C=C.CCC(CCC(C)C1CCC2[C@]3(C)CC=C4C[C@@H](C)CC[C@]4(C)C3CC[C@]12C)C(C)C. The zero-order chi connectivity index (χ0) is 26.6. The van der Waals surface area contributed by atoms with Crippen LogP contribution in [0.5, 0.6) is 0 Å². The Labute approximate surface area is 221 Å². The molecule has 0 heteroatoms. The minimum Gasteiger partial charge on any atom is -0.124 e. The smallest absolute Gasteiger partial charge is 0.00825 e. The summed E-state index contributed by atoms with van der Waals surface area (Å²) in [5.74, 6) is 6.44. The van der Waals surface area contributed by atoms with Gasteiger partial charge >= 0.3 is 0 Å². The maximum atomic E-state index is 4.00. The van der Waals surface area contributed by atoms with Gasteiger partial charge in [-0.2, -0.15) is 0 Å². The van der Waals surface area contributed by atoms with Gasteiger partial charge in [0.2, 0.25) is 0 Å². The van der Waals surface area contributed by atoms with Crippen LogP contribution in [0.4, 0.5) is 0 Å². The molecule has 0 saturated heterocycles. The molecule has 0 spiro atoms. The van der Waals surface area contributed by atoms with Crippen LogP contribution in [0, 0.1) is 70.5 Å².